The number of carbonyl (C=O) groups excluding carboxylic acids is 3. The zero-order chi connectivity index (χ0) is 12.3. The Morgan fingerprint density at radius 2 is 1.88 bits per heavy atom. The van der Waals surface area contributed by atoms with Crippen molar-refractivity contribution in [1.29, 1.82) is 0 Å². The minimum Gasteiger partial charge on any atom is -0.298 e. The highest BCUT2D eigenvalue weighted by Gasteiger charge is 2.42. The number of hydrogen-bond donors (Lipinski definition) is 0. The predicted octanol–water partition coefficient (Wildman–Crippen LogP) is 2.10. The Balaban J connectivity index is 2.74. The summed E-state index contributed by atoms with van der Waals surface area (Å²) in [5, 5.41) is 0. The van der Waals surface area contributed by atoms with Crippen molar-refractivity contribution < 1.29 is 14.4 Å². The molecule has 0 aromatic rings. The first-order chi connectivity index (χ1) is 7.37. The van der Waals surface area contributed by atoms with Gasteiger partial charge in [-0.3, -0.25) is 14.4 Å². The van der Waals surface area contributed by atoms with Crippen molar-refractivity contribution in [2.75, 3.05) is 0 Å². The Kier molecular flexibility index (Phi) is 3.79. The molecule has 0 heterocycles. The van der Waals surface area contributed by atoms with Gasteiger partial charge in [-0.05, 0) is 11.8 Å². The van der Waals surface area contributed by atoms with E-state index >= 15 is 0 Å². The number of Topliss-reactive ketones (excluding diaryl/α,β-unsaturated/α-hetero) is 3. The molecule has 0 spiro atoms. The number of carbonyl (C=O) groups is 3. The van der Waals surface area contributed by atoms with Gasteiger partial charge in [-0.1, -0.05) is 19.9 Å². The molecule has 1 saturated carbocycles. The maximum Gasteiger partial charge on any atom is 0.151 e. The summed E-state index contributed by atoms with van der Waals surface area (Å²) in [5.74, 6) is -1.66. The molecule has 88 valence electrons. The highest BCUT2D eigenvalue weighted by Crippen LogP contribution is 2.34. The number of allylic oxidation sites excluding steroid dienone is 1. The molecule has 0 aromatic heterocycles. The van der Waals surface area contributed by atoms with Gasteiger partial charge in [0.25, 0.3) is 0 Å². The smallest absolute Gasteiger partial charge is 0.151 e. The van der Waals surface area contributed by atoms with Crippen LogP contribution >= 0.6 is 0 Å². The summed E-state index contributed by atoms with van der Waals surface area (Å²) in [7, 11) is 0. The van der Waals surface area contributed by atoms with Crippen LogP contribution in [0.1, 0.15) is 39.5 Å². The number of rotatable bonds is 4. The van der Waals surface area contributed by atoms with Crippen LogP contribution in [0.25, 0.3) is 0 Å². The minimum atomic E-state index is -0.993. The second-order valence-electron chi connectivity index (χ2n) is 5.18. The maximum absolute atomic E-state index is 11.8. The van der Waals surface area contributed by atoms with E-state index < -0.39 is 5.92 Å². The van der Waals surface area contributed by atoms with Crippen LogP contribution in [0.15, 0.2) is 12.7 Å². The first kappa shape index (κ1) is 12.8. The van der Waals surface area contributed by atoms with Gasteiger partial charge in [0.1, 0.15) is 5.92 Å². The summed E-state index contributed by atoms with van der Waals surface area (Å²) in [4.78, 5) is 35.2. The molecular formula is C13H18O3. The predicted molar refractivity (Wildman–Crippen MR) is 61.0 cm³/mol. The zero-order valence-electron chi connectivity index (χ0n) is 9.91. The van der Waals surface area contributed by atoms with Crippen LogP contribution in [-0.2, 0) is 14.4 Å². The van der Waals surface area contributed by atoms with Crippen LogP contribution in [0.2, 0.25) is 0 Å². The summed E-state index contributed by atoms with van der Waals surface area (Å²) >= 11 is 0. The first-order valence-corrected chi connectivity index (χ1v) is 5.56. The molecule has 0 bridgehead atoms. The monoisotopic (exact) mass is 222 g/mol. The summed E-state index contributed by atoms with van der Waals surface area (Å²) in [5.41, 5.74) is -0.288. The lowest BCUT2D eigenvalue weighted by atomic mass is 9.70. The molecule has 0 aromatic carbocycles. The third-order valence-electron chi connectivity index (χ3n) is 2.87. The zero-order valence-corrected chi connectivity index (χ0v) is 9.91. The Hall–Kier alpha value is -1.25. The lowest BCUT2D eigenvalue weighted by Crippen LogP contribution is -2.41. The van der Waals surface area contributed by atoms with Crippen LogP contribution in [-0.4, -0.2) is 17.3 Å². The van der Waals surface area contributed by atoms with Crippen LogP contribution in [0, 0.1) is 11.3 Å². The fourth-order valence-corrected chi connectivity index (χ4v) is 2.14. The molecule has 0 unspecified atom stereocenters. The molecule has 1 fully saturated rings. The lowest BCUT2D eigenvalue weighted by molar-refractivity contribution is -0.145. The normalized spacial score (nSPS) is 20.9. The first-order valence-electron chi connectivity index (χ1n) is 5.56. The van der Waals surface area contributed by atoms with Gasteiger partial charge in [0.2, 0.25) is 0 Å². The average Bonchev–Trinajstić information content (AvgIpc) is 2.11. The number of hydrogen-bond acceptors (Lipinski definition) is 3. The van der Waals surface area contributed by atoms with E-state index in [0.717, 1.165) is 0 Å². The van der Waals surface area contributed by atoms with Crippen LogP contribution in [0.3, 0.4) is 0 Å². The quantitative estimate of drug-likeness (QED) is 0.540. The Bertz CT molecular complexity index is 319. The van der Waals surface area contributed by atoms with Gasteiger partial charge in [-0.2, -0.15) is 0 Å². The van der Waals surface area contributed by atoms with Gasteiger partial charge >= 0.3 is 0 Å². The van der Waals surface area contributed by atoms with Crippen molar-refractivity contribution in [1.82, 2.24) is 0 Å². The Labute approximate surface area is 95.9 Å². The second kappa shape index (κ2) is 4.73. The fourth-order valence-electron chi connectivity index (χ4n) is 2.14. The van der Waals surface area contributed by atoms with E-state index in [9.17, 15) is 14.4 Å². The van der Waals surface area contributed by atoms with Crippen LogP contribution < -0.4 is 0 Å². The average molecular weight is 222 g/mol. The van der Waals surface area contributed by atoms with Crippen LogP contribution in [0.4, 0.5) is 0 Å². The maximum atomic E-state index is 11.8. The highest BCUT2D eigenvalue weighted by atomic mass is 16.2. The molecular weight excluding hydrogens is 204 g/mol. The van der Waals surface area contributed by atoms with E-state index in [1.54, 1.807) is 6.08 Å². The SMILES string of the molecule is C=CCCC(=O)C1C(=O)CC(C)(C)CC1=O. The molecule has 0 amide bonds. The summed E-state index contributed by atoms with van der Waals surface area (Å²) in [6.07, 6.45) is 3.04. The van der Waals surface area contributed by atoms with E-state index in [1.807, 2.05) is 13.8 Å². The van der Waals surface area contributed by atoms with Gasteiger partial charge < -0.3 is 0 Å². The van der Waals surface area contributed by atoms with E-state index in [4.69, 9.17) is 0 Å². The summed E-state index contributed by atoms with van der Waals surface area (Å²) in [6.45, 7) is 7.28. The third-order valence-corrected chi connectivity index (χ3v) is 2.87. The second-order valence-corrected chi connectivity index (χ2v) is 5.18. The molecule has 0 N–H and O–H groups in total. The standard InChI is InChI=1S/C13H18O3/c1-4-5-6-9(14)12-10(15)7-13(2,3)8-11(12)16/h4,12H,1,5-8H2,2-3H3. The van der Waals surface area contributed by atoms with Gasteiger partial charge in [0.05, 0.1) is 0 Å². The highest BCUT2D eigenvalue weighted by molar-refractivity contribution is 6.20. The van der Waals surface area contributed by atoms with Crippen molar-refractivity contribution >= 4 is 17.3 Å². The molecule has 1 rings (SSSR count). The molecule has 1 aliphatic rings. The molecule has 1 aliphatic carbocycles. The van der Waals surface area contributed by atoms with Crippen molar-refractivity contribution in [3.05, 3.63) is 12.7 Å². The van der Waals surface area contributed by atoms with E-state index in [0.29, 0.717) is 19.3 Å². The van der Waals surface area contributed by atoms with E-state index in [2.05, 4.69) is 6.58 Å². The topological polar surface area (TPSA) is 51.2 Å². The molecule has 0 saturated heterocycles. The van der Waals surface area contributed by atoms with Crippen molar-refractivity contribution in [3.63, 3.8) is 0 Å². The van der Waals surface area contributed by atoms with Crippen LogP contribution in [0.5, 0.6) is 0 Å². The van der Waals surface area contributed by atoms with E-state index in [-0.39, 0.29) is 29.2 Å². The minimum absolute atomic E-state index is 0.213. The van der Waals surface area contributed by atoms with Crippen molar-refractivity contribution in [3.8, 4) is 0 Å². The largest absolute Gasteiger partial charge is 0.298 e. The van der Waals surface area contributed by atoms with E-state index in [1.165, 1.54) is 0 Å². The molecule has 16 heavy (non-hydrogen) atoms. The van der Waals surface area contributed by atoms with Gasteiger partial charge in [0, 0.05) is 19.3 Å². The Morgan fingerprint density at radius 3 is 2.31 bits per heavy atom. The summed E-state index contributed by atoms with van der Waals surface area (Å²) in [6, 6.07) is 0. The third kappa shape index (κ3) is 2.87. The van der Waals surface area contributed by atoms with Crippen molar-refractivity contribution in [2.45, 2.75) is 39.5 Å². The molecule has 3 heteroatoms. The fraction of sp³-hybridized carbons (Fsp3) is 0.615. The molecule has 3 nitrogen and oxygen atoms in total. The molecule has 0 atom stereocenters. The molecule has 0 aliphatic heterocycles. The van der Waals surface area contributed by atoms with Gasteiger partial charge in [0.15, 0.2) is 17.3 Å². The number of ketones is 3. The summed E-state index contributed by atoms with van der Waals surface area (Å²) < 4.78 is 0. The molecule has 0 radical (unpaired) electrons. The Morgan fingerprint density at radius 1 is 1.38 bits per heavy atom. The lowest BCUT2D eigenvalue weighted by Gasteiger charge is -2.31. The van der Waals surface area contributed by atoms with Gasteiger partial charge in [-0.15, -0.1) is 6.58 Å². The van der Waals surface area contributed by atoms with Crippen molar-refractivity contribution in [2.24, 2.45) is 11.3 Å². The van der Waals surface area contributed by atoms with Gasteiger partial charge in [-0.25, -0.2) is 0 Å².